The lowest BCUT2D eigenvalue weighted by molar-refractivity contribution is 0.0463. The Bertz CT molecular complexity index is 777. The van der Waals surface area contributed by atoms with Crippen molar-refractivity contribution in [3.05, 3.63) is 53.4 Å². The number of carbonyl (C=O) groups excluding carboxylic acids is 2. The molecule has 3 rings (SSSR count). The number of nitrogens with zero attached hydrogens (tertiary/aromatic N) is 4. The number of ether oxygens (including phenoxy) is 2. The van der Waals surface area contributed by atoms with E-state index in [4.69, 9.17) is 16.3 Å². The zero-order valence-corrected chi connectivity index (χ0v) is 12.3. The van der Waals surface area contributed by atoms with Crippen LogP contribution in [0.25, 0.3) is 0 Å². The highest BCUT2D eigenvalue weighted by atomic mass is 35.5. The van der Waals surface area contributed by atoms with Crippen LogP contribution in [0.15, 0.2) is 37.0 Å². The summed E-state index contributed by atoms with van der Waals surface area (Å²) in [5, 5.41) is 0.481. The van der Waals surface area contributed by atoms with Crippen LogP contribution in [0.3, 0.4) is 0 Å². The van der Waals surface area contributed by atoms with Crippen molar-refractivity contribution >= 4 is 29.5 Å². The van der Waals surface area contributed by atoms with Crippen LogP contribution in [0.1, 0.15) is 17.6 Å². The smallest absolute Gasteiger partial charge is 0.404 e. The summed E-state index contributed by atoms with van der Waals surface area (Å²) in [7, 11) is 0. The van der Waals surface area contributed by atoms with E-state index in [0.717, 1.165) is 0 Å². The lowest BCUT2D eigenvalue weighted by Crippen LogP contribution is -2.27. The first-order valence-electron chi connectivity index (χ1n) is 6.43. The van der Waals surface area contributed by atoms with Crippen LogP contribution in [0.5, 0.6) is 0 Å². The van der Waals surface area contributed by atoms with Crippen LogP contribution >= 0.6 is 11.6 Å². The van der Waals surface area contributed by atoms with Gasteiger partial charge in [-0.05, 0) is 12.1 Å². The van der Waals surface area contributed by atoms with Crippen LogP contribution in [-0.4, -0.2) is 27.0 Å². The Hall–Kier alpha value is -2.96. The van der Waals surface area contributed by atoms with Crippen molar-refractivity contribution in [2.45, 2.75) is 12.8 Å². The second-order valence-electron chi connectivity index (χ2n) is 4.42. The highest BCUT2D eigenvalue weighted by Gasteiger charge is 2.37. The molecule has 1 unspecified atom stereocenters. The molecule has 2 aromatic heterocycles. The Morgan fingerprint density at radius 2 is 2.17 bits per heavy atom. The predicted octanol–water partition coefficient (Wildman–Crippen LogP) is 2.04. The monoisotopic (exact) mass is 332 g/mol. The minimum atomic E-state index is -1.06. The quantitative estimate of drug-likeness (QED) is 0.479. The van der Waals surface area contributed by atoms with E-state index in [2.05, 4.69) is 19.7 Å². The fraction of sp³-hybridized carbons (Fsp3) is 0.143. The first kappa shape index (κ1) is 15.0. The van der Waals surface area contributed by atoms with Gasteiger partial charge in [0.2, 0.25) is 6.23 Å². The van der Waals surface area contributed by atoms with Gasteiger partial charge in [-0.2, -0.15) is 0 Å². The minimum absolute atomic E-state index is 0.347. The number of rotatable bonds is 3. The van der Waals surface area contributed by atoms with Gasteiger partial charge in [0.15, 0.2) is 12.2 Å². The Balaban J connectivity index is 1.90. The van der Waals surface area contributed by atoms with Gasteiger partial charge >= 0.3 is 6.16 Å². The summed E-state index contributed by atoms with van der Waals surface area (Å²) in [6, 6.07) is 3.35. The lowest BCUT2D eigenvalue weighted by Gasteiger charge is -2.24. The van der Waals surface area contributed by atoms with E-state index in [9.17, 15) is 9.59 Å². The highest BCUT2D eigenvalue weighted by Crippen LogP contribution is 2.35. The number of halogens is 1. The van der Waals surface area contributed by atoms with Crippen LogP contribution in [-0.2, 0) is 20.8 Å². The maximum absolute atomic E-state index is 11.6. The minimum Gasteiger partial charge on any atom is -0.404 e. The average Bonchev–Trinajstić information content (AvgIpc) is 2.92. The van der Waals surface area contributed by atoms with Gasteiger partial charge in [-0.3, -0.25) is 9.97 Å². The summed E-state index contributed by atoms with van der Waals surface area (Å²) in [4.78, 5) is 36.0. The van der Waals surface area contributed by atoms with Crippen molar-refractivity contribution in [2.75, 3.05) is 4.90 Å². The summed E-state index contributed by atoms with van der Waals surface area (Å²) in [6.45, 7) is 0.347. The fourth-order valence-electron chi connectivity index (χ4n) is 2.15. The van der Waals surface area contributed by atoms with Crippen LogP contribution in [0, 0.1) is 0 Å². The SMILES string of the molecule is O=C=COC(=O)OC1c2nccnc2CN1c1ccc(Cl)cn1. The molecular formula is C14H9ClN4O4. The summed E-state index contributed by atoms with van der Waals surface area (Å²) in [6.07, 6.45) is 3.15. The van der Waals surface area contributed by atoms with E-state index >= 15 is 0 Å². The standard InChI is InChI=1S/C14H9ClN4O4/c15-9-1-2-11(18-7-9)19-8-10-12(17-4-3-16-10)13(19)23-14(21)22-6-5-20/h1-4,6-7,13H,8H2. The van der Waals surface area contributed by atoms with Gasteiger partial charge in [-0.1, -0.05) is 11.6 Å². The molecule has 0 aliphatic carbocycles. The number of hydrogen-bond acceptors (Lipinski definition) is 8. The molecule has 0 radical (unpaired) electrons. The number of anilines is 1. The van der Waals surface area contributed by atoms with Crippen LogP contribution < -0.4 is 4.90 Å². The summed E-state index contributed by atoms with van der Waals surface area (Å²) < 4.78 is 9.66. The number of fused-ring (bicyclic) bond motifs is 1. The zero-order chi connectivity index (χ0) is 16.2. The molecule has 3 heterocycles. The topological polar surface area (TPSA) is 94.5 Å². The second kappa shape index (κ2) is 6.43. The van der Waals surface area contributed by atoms with E-state index in [1.165, 1.54) is 18.3 Å². The molecular weight excluding hydrogens is 324 g/mol. The van der Waals surface area contributed by atoms with Crippen molar-refractivity contribution in [1.29, 1.82) is 0 Å². The van der Waals surface area contributed by atoms with Crippen LogP contribution in [0.2, 0.25) is 5.02 Å². The molecule has 0 bridgehead atoms. The van der Waals surface area contributed by atoms with E-state index in [-0.39, 0.29) is 0 Å². The molecule has 1 atom stereocenters. The van der Waals surface area contributed by atoms with E-state index in [1.54, 1.807) is 23.2 Å². The van der Waals surface area contributed by atoms with E-state index in [0.29, 0.717) is 35.0 Å². The maximum atomic E-state index is 11.6. The maximum Gasteiger partial charge on any atom is 0.516 e. The zero-order valence-electron chi connectivity index (χ0n) is 11.5. The molecule has 116 valence electrons. The van der Waals surface area contributed by atoms with Gasteiger partial charge in [-0.15, -0.1) is 0 Å². The molecule has 23 heavy (non-hydrogen) atoms. The molecule has 0 amide bonds. The Morgan fingerprint density at radius 3 is 2.91 bits per heavy atom. The second-order valence-corrected chi connectivity index (χ2v) is 4.86. The molecule has 0 aromatic carbocycles. The van der Waals surface area contributed by atoms with Crippen molar-refractivity contribution in [1.82, 2.24) is 15.0 Å². The molecule has 8 nitrogen and oxygen atoms in total. The number of hydrogen-bond donors (Lipinski definition) is 0. The van der Waals surface area contributed by atoms with Gasteiger partial charge in [0.25, 0.3) is 0 Å². The largest absolute Gasteiger partial charge is 0.516 e. The highest BCUT2D eigenvalue weighted by molar-refractivity contribution is 6.30. The van der Waals surface area contributed by atoms with E-state index < -0.39 is 12.4 Å². The van der Waals surface area contributed by atoms with Crippen molar-refractivity contribution < 1.29 is 19.1 Å². The molecule has 0 N–H and O–H groups in total. The Labute approximate surface area is 135 Å². The number of carbonyl (C=O) groups is 1. The third kappa shape index (κ3) is 3.13. The van der Waals surface area contributed by atoms with Crippen molar-refractivity contribution in [2.24, 2.45) is 0 Å². The van der Waals surface area contributed by atoms with Gasteiger partial charge in [0.1, 0.15) is 11.5 Å². The van der Waals surface area contributed by atoms with Gasteiger partial charge in [0, 0.05) is 18.6 Å². The third-order valence-electron chi connectivity index (χ3n) is 3.06. The van der Waals surface area contributed by atoms with Gasteiger partial charge in [-0.25, -0.2) is 14.6 Å². The predicted molar refractivity (Wildman–Crippen MR) is 78.0 cm³/mol. The molecule has 0 saturated heterocycles. The molecule has 1 aliphatic heterocycles. The van der Waals surface area contributed by atoms with Crippen molar-refractivity contribution in [3.8, 4) is 0 Å². The van der Waals surface area contributed by atoms with E-state index in [1.807, 2.05) is 0 Å². The molecule has 2 aromatic rings. The Kier molecular flexibility index (Phi) is 4.18. The molecule has 1 aliphatic rings. The molecule has 9 heteroatoms. The fourth-order valence-corrected chi connectivity index (χ4v) is 2.26. The van der Waals surface area contributed by atoms with Gasteiger partial charge in [0.05, 0.1) is 17.3 Å². The number of pyridine rings is 1. The molecule has 0 saturated carbocycles. The first-order valence-corrected chi connectivity index (χ1v) is 6.81. The van der Waals surface area contributed by atoms with Crippen molar-refractivity contribution in [3.63, 3.8) is 0 Å². The number of aromatic nitrogens is 3. The van der Waals surface area contributed by atoms with Crippen LogP contribution in [0.4, 0.5) is 10.6 Å². The average molecular weight is 333 g/mol. The molecule has 0 fully saturated rings. The Morgan fingerprint density at radius 1 is 1.35 bits per heavy atom. The summed E-state index contributed by atoms with van der Waals surface area (Å²) in [5.41, 5.74) is 1.12. The first-order chi connectivity index (χ1) is 11.2. The summed E-state index contributed by atoms with van der Waals surface area (Å²) in [5.74, 6) is 1.85. The third-order valence-corrected chi connectivity index (χ3v) is 3.28. The lowest BCUT2D eigenvalue weighted by atomic mass is 10.3. The summed E-state index contributed by atoms with van der Waals surface area (Å²) >= 11 is 5.83. The van der Waals surface area contributed by atoms with Gasteiger partial charge < -0.3 is 14.4 Å². The normalized spacial score (nSPS) is 15.5. The molecule has 0 spiro atoms.